The summed E-state index contributed by atoms with van der Waals surface area (Å²) in [7, 11) is 0. The number of carbonyl (C=O) groups is 1. The molecule has 7 heteroatoms. The Kier molecular flexibility index (Phi) is 8.65. The number of piperidine rings is 1. The third-order valence-corrected chi connectivity index (χ3v) is 5.01. The van der Waals surface area contributed by atoms with Crippen LogP contribution in [0.25, 0.3) is 0 Å². The summed E-state index contributed by atoms with van der Waals surface area (Å²) in [4.78, 5) is 17.0. The van der Waals surface area contributed by atoms with Crippen molar-refractivity contribution in [2.45, 2.75) is 25.8 Å². The van der Waals surface area contributed by atoms with Gasteiger partial charge in [-0.05, 0) is 50.6 Å². The van der Waals surface area contributed by atoms with Crippen LogP contribution in [0.1, 0.15) is 19.8 Å². The molecule has 1 aromatic carbocycles. The predicted octanol–water partition coefficient (Wildman–Crippen LogP) is 3.22. The summed E-state index contributed by atoms with van der Waals surface area (Å²) in [5.41, 5.74) is 1.19. The minimum Gasteiger partial charge on any atom is -0.368 e. The number of anilines is 1. The largest absolute Gasteiger partial charge is 0.368 e. The first-order valence-corrected chi connectivity index (χ1v) is 8.54. The molecule has 1 N–H and O–H groups in total. The van der Waals surface area contributed by atoms with Crippen LogP contribution in [0.5, 0.6) is 0 Å². The molecule has 0 aliphatic carbocycles. The average Bonchev–Trinajstić information content (AvgIpc) is 2.55. The maximum atomic E-state index is 12.6. The third kappa shape index (κ3) is 5.16. The highest BCUT2D eigenvalue weighted by Gasteiger charge is 2.30. The second-order valence-electron chi connectivity index (χ2n) is 6.37. The molecule has 2 fully saturated rings. The molecule has 0 spiro atoms. The number of benzene rings is 1. The summed E-state index contributed by atoms with van der Waals surface area (Å²) >= 11 is 5.94. The number of nitrogens with one attached hydrogen (secondary N) is 1. The van der Waals surface area contributed by atoms with Crippen LogP contribution in [0, 0.1) is 5.92 Å². The van der Waals surface area contributed by atoms with Crippen molar-refractivity contribution in [3.63, 3.8) is 0 Å². The summed E-state index contributed by atoms with van der Waals surface area (Å²) in [6.45, 7) is 6.56. The van der Waals surface area contributed by atoms with Gasteiger partial charge in [0.25, 0.3) is 0 Å². The Bertz CT molecular complexity index is 518. The molecule has 136 valence electrons. The number of nitrogens with zero attached hydrogens (tertiary/aromatic N) is 2. The molecule has 2 saturated heterocycles. The fourth-order valence-electron chi connectivity index (χ4n) is 3.45. The highest BCUT2D eigenvalue weighted by molar-refractivity contribution is 6.30. The zero-order chi connectivity index (χ0) is 15.5. The SMILES string of the molecule is C[C@H]1C[C@@H](C(=O)N2CCN(c3ccc(Cl)cc3)CC2)CCN1.Cl.Cl. The summed E-state index contributed by atoms with van der Waals surface area (Å²) in [6, 6.07) is 8.40. The molecule has 4 nitrogen and oxygen atoms in total. The highest BCUT2D eigenvalue weighted by Crippen LogP contribution is 2.22. The molecule has 1 amide bonds. The van der Waals surface area contributed by atoms with E-state index in [4.69, 9.17) is 11.6 Å². The van der Waals surface area contributed by atoms with Crippen molar-refractivity contribution in [3.05, 3.63) is 29.3 Å². The predicted molar refractivity (Wildman–Crippen MR) is 105 cm³/mol. The van der Waals surface area contributed by atoms with Gasteiger partial charge in [0.15, 0.2) is 0 Å². The zero-order valence-electron chi connectivity index (χ0n) is 13.9. The number of amides is 1. The lowest BCUT2D eigenvalue weighted by molar-refractivity contribution is -0.137. The molecule has 3 rings (SSSR count). The molecule has 0 aromatic heterocycles. The molecule has 0 bridgehead atoms. The van der Waals surface area contributed by atoms with Crippen LogP contribution in [0.3, 0.4) is 0 Å². The molecule has 2 aliphatic heterocycles. The molecule has 0 unspecified atom stereocenters. The molecule has 2 atom stereocenters. The fourth-order valence-corrected chi connectivity index (χ4v) is 3.58. The van der Waals surface area contributed by atoms with Gasteiger partial charge in [-0.3, -0.25) is 4.79 Å². The van der Waals surface area contributed by atoms with Crippen LogP contribution in [0.4, 0.5) is 5.69 Å². The van der Waals surface area contributed by atoms with E-state index >= 15 is 0 Å². The minimum absolute atomic E-state index is 0. The Morgan fingerprint density at radius 1 is 1.12 bits per heavy atom. The van der Waals surface area contributed by atoms with E-state index in [0.29, 0.717) is 11.9 Å². The first-order valence-electron chi connectivity index (χ1n) is 8.16. The number of hydrogen-bond donors (Lipinski definition) is 1. The van der Waals surface area contributed by atoms with E-state index in [1.54, 1.807) is 0 Å². The lowest BCUT2D eigenvalue weighted by atomic mass is 9.92. The topological polar surface area (TPSA) is 35.6 Å². The lowest BCUT2D eigenvalue weighted by Gasteiger charge is -2.39. The van der Waals surface area contributed by atoms with Crippen LogP contribution in [0.15, 0.2) is 24.3 Å². The fraction of sp³-hybridized carbons (Fsp3) is 0.588. The average molecular weight is 395 g/mol. The van der Waals surface area contributed by atoms with Gasteiger partial charge >= 0.3 is 0 Å². The number of hydrogen-bond acceptors (Lipinski definition) is 3. The van der Waals surface area contributed by atoms with Gasteiger partial charge in [-0.1, -0.05) is 11.6 Å². The Morgan fingerprint density at radius 3 is 2.33 bits per heavy atom. The van der Waals surface area contributed by atoms with Crippen LogP contribution < -0.4 is 10.2 Å². The van der Waals surface area contributed by atoms with Crippen LogP contribution in [-0.4, -0.2) is 49.6 Å². The van der Waals surface area contributed by atoms with Crippen LogP contribution >= 0.6 is 36.4 Å². The number of rotatable bonds is 2. The third-order valence-electron chi connectivity index (χ3n) is 4.76. The lowest BCUT2D eigenvalue weighted by Crippen LogP contribution is -2.52. The van der Waals surface area contributed by atoms with Gasteiger partial charge in [0.05, 0.1) is 0 Å². The molecule has 2 heterocycles. The van der Waals surface area contributed by atoms with Gasteiger partial charge in [0.2, 0.25) is 5.91 Å². The van der Waals surface area contributed by atoms with E-state index in [1.807, 2.05) is 24.3 Å². The maximum absolute atomic E-state index is 12.6. The van der Waals surface area contributed by atoms with Crippen molar-refractivity contribution in [2.24, 2.45) is 5.92 Å². The van der Waals surface area contributed by atoms with Gasteiger partial charge in [-0.25, -0.2) is 0 Å². The van der Waals surface area contributed by atoms with Gasteiger partial charge in [0.1, 0.15) is 0 Å². The van der Waals surface area contributed by atoms with Crippen molar-refractivity contribution in [3.8, 4) is 0 Å². The van der Waals surface area contributed by atoms with Gasteiger partial charge in [-0.2, -0.15) is 0 Å². The quantitative estimate of drug-likeness (QED) is 0.836. The smallest absolute Gasteiger partial charge is 0.225 e. The molecular formula is C17H26Cl3N3O. The second-order valence-corrected chi connectivity index (χ2v) is 6.80. The van der Waals surface area contributed by atoms with Crippen molar-refractivity contribution < 1.29 is 4.79 Å². The molecular weight excluding hydrogens is 369 g/mol. The van der Waals surface area contributed by atoms with E-state index in [-0.39, 0.29) is 30.7 Å². The van der Waals surface area contributed by atoms with Crippen LogP contribution in [0.2, 0.25) is 5.02 Å². The van der Waals surface area contributed by atoms with Crippen LogP contribution in [-0.2, 0) is 4.79 Å². The van der Waals surface area contributed by atoms with Crippen molar-refractivity contribution in [1.82, 2.24) is 10.2 Å². The molecule has 24 heavy (non-hydrogen) atoms. The first-order chi connectivity index (χ1) is 10.6. The van der Waals surface area contributed by atoms with E-state index < -0.39 is 0 Å². The van der Waals surface area contributed by atoms with Gasteiger partial charge < -0.3 is 15.1 Å². The summed E-state index contributed by atoms with van der Waals surface area (Å²) in [5.74, 6) is 0.558. The molecule has 1 aromatic rings. The minimum atomic E-state index is 0. The monoisotopic (exact) mass is 393 g/mol. The van der Waals surface area contributed by atoms with E-state index in [1.165, 1.54) is 5.69 Å². The summed E-state index contributed by atoms with van der Waals surface area (Å²) in [5, 5.41) is 4.17. The Balaban J connectivity index is 0.00000144. The van der Waals surface area contributed by atoms with Gasteiger partial charge in [0, 0.05) is 48.8 Å². The van der Waals surface area contributed by atoms with Crippen molar-refractivity contribution >= 4 is 48.0 Å². The summed E-state index contributed by atoms with van der Waals surface area (Å²) < 4.78 is 0. The zero-order valence-corrected chi connectivity index (χ0v) is 16.3. The standard InChI is InChI=1S/C17H24ClN3O.2ClH/c1-13-12-14(6-7-19-13)17(22)21-10-8-20(9-11-21)16-4-2-15(18)3-5-16;;/h2-5,13-14,19H,6-12H2,1H3;2*1H/t13-,14-;;/m0../s1. The molecule has 2 aliphatic rings. The second kappa shape index (κ2) is 9.71. The Hall–Kier alpha value is -0.680. The number of halogens is 3. The summed E-state index contributed by atoms with van der Waals surface area (Å²) in [6.07, 6.45) is 1.94. The first kappa shape index (κ1) is 21.4. The van der Waals surface area contributed by atoms with Crippen molar-refractivity contribution in [1.29, 1.82) is 0 Å². The normalized spacial score (nSPS) is 23.9. The molecule has 0 radical (unpaired) electrons. The van der Waals surface area contributed by atoms with Crippen molar-refractivity contribution in [2.75, 3.05) is 37.6 Å². The number of piperazine rings is 1. The van der Waals surface area contributed by atoms with E-state index in [0.717, 1.165) is 50.6 Å². The Morgan fingerprint density at radius 2 is 1.75 bits per heavy atom. The maximum Gasteiger partial charge on any atom is 0.225 e. The Labute approximate surface area is 161 Å². The van der Waals surface area contributed by atoms with Gasteiger partial charge in [-0.15, -0.1) is 24.8 Å². The number of carbonyl (C=O) groups excluding carboxylic acids is 1. The van der Waals surface area contributed by atoms with E-state index in [2.05, 4.69) is 22.0 Å². The van der Waals surface area contributed by atoms with E-state index in [9.17, 15) is 4.79 Å². The highest BCUT2D eigenvalue weighted by atomic mass is 35.5. The molecule has 0 saturated carbocycles.